The lowest BCUT2D eigenvalue weighted by Crippen LogP contribution is -2.43. The molecule has 0 aromatic heterocycles. The second kappa shape index (κ2) is 10.9. The fraction of sp³-hybridized carbons (Fsp3) is 0.200. The van der Waals surface area contributed by atoms with Crippen LogP contribution in [0.2, 0.25) is 69.9 Å². The maximum absolute atomic E-state index is 6.25. The van der Waals surface area contributed by atoms with Crippen LogP contribution in [0.5, 0.6) is 11.5 Å². The van der Waals surface area contributed by atoms with Crippen molar-refractivity contribution in [2.24, 2.45) is 0 Å². The molecule has 0 spiro atoms. The lowest BCUT2D eigenvalue weighted by Gasteiger charge is -2.25. The topological polar surface area (TPSA) is 27.7 Å². The maximum atomic E-state index is 6.25. The lowest BCUT2D eigenvalue weighted by atomic mass is 10.3. The first-order valence-electron chi connectivity index (χ1n) is 7.71. The molecule has 30 heavy (non-hydrogen) atoms. The Hall–Kier alpha value is 1.65. The minimum absolute atomic E-state index is 0.0201. The van der Waals surface area contributed by atoms with E-state index < -0.39 is 23.5 Å². The van der Waals surface area contributed by atoms with Gasteiger partial charge in [0.25, 0.3) is 0 Å². The first kappa shape index (κ1) is 27.9. The summed E-state index contributed by atoms with van der Waals surface area (Å²) in [6.45, 7) is 5.74. The van der Waals surface area contributed by atoms with E-state index in [-0.39, 0.29) is 61.7 Å². The van der Waals surface area contributed by atoms with Gasteiger partial charge in [-0.05, 0) is 19.6 Å². The van der Waals surface area contributed by atoms with Crippen molar-refractivity contribution in [2.45, 2.75) is 19.6 Å². The molecule has 0 aliphatic heterocycles. The number of benzene rings is 2. The maximum Gasteiger partial charge on any atom is 1.09 e. The highest BCUT2D eigenvalue weighted by atomic mass is 35.5. The standard InChI is InChI=1S/2C6HCl5O.C3H9OSi.Al/c2*7-1-2(8)4(10)6(12)5(11)3(1)9;1-5(2,3)4;/h2*12H;1-3H3;/q;;-1;+3/p-2. The molecule has 0 N–H and O–H groups in total. The molecular weight excluding hydrogens is 638 g/mol. The first-order chi connectivity index (χ1) is 13.7. The van der Waals surface area contributed by atoms with Crippen molar-refractivity contribution >= 4 is 139 Å². The molecule has 2 aromatic rings. The molecule has 15 heteroatoms. The van der Waals surface area contributed by atoms with Crippen molar-refractivity contribution in [1.29, 1.82) is 0 Å². The van der Waals surface area contributed by atoms with Gasteiger partial charge in [0.15, 0.2) is 8.32 Å². The molecule has 0 saturated carbocycles. The average Bonchev–Trinajstić information content (AvgIpc) is 2.67. The van der Waals surface area contributed by atoms with Crippen LogP contribution in [0.4, 0.5) is 0 Å². The van der Waals surface area contributed by atoms with Crippen LogP contribution in [0.25, 0.3) is 0 Å². The van der Waals surface area contributed by atoms with Gasteiger partial charge >= 0.3 is 15.1 Å². The number of rotatable bonds is 6. The zero-order valence-electron chi connectivity index (χ0n) is 15.1. The van der Waals surface area contributed by atoms with Crippen molar-refractivity contribution < 1.29 is 11.1 Å². The molecule has 0 bridgehead atoms. The quantitative estimate of drug-likeness (QED) is 0.178. The molecular formula is C15H9AlCl10O3Si. The first-order valence-corrected chi connectivity index (χ1v) is 16.3. The third kappa shape index (κ3) is 6.20. The Labute approximate surface area is 229 Å². The van der Waals surface area contributed by atoms with Gasteiger partial charge in [0.2, 0.25) is 0 Å². The minimum Gasteiger partial charge on any atom is -0.586 e. The highest BCUT2D eigenvalue weighted by Crippen LogP contribution is 2.50. The Bertz CT molecular complexity index is 869. The smallest absolute Gasteiger partial charge is 0.586 e. The van der Waals surface area contributed by atoms with Crippen molar-refractivity contribution in [2.75, 3.05) is 0 Å². The molecule has 0 atom stereocenters. The van der Waals surface area contributed by atoms with Gasteiger partial charge in [0, 0.05) is 0 Å². The Morgan fingerprint density at radius 2 is 0.700 bits per heavy atom. The van der Waals surface area contributed by atoms with Crippen LogP contribution in [-0.2, 0) is 3.48 Å². The van der Waals surface area contributed by atoms with E-state index in [4.69, 9.17) is 127 Å². The predicted molar refractivity (Wildman–Crippen MR) is 134 cm³/mol. The summed E-state index contributed by atoms with van der Waals surface area (Å²) in [5, 5.41) is -0.493. The van der Waals surface area contributed by atoms with Crippen LogP contribution in [0.3, 0.4) is 0 Å². The fourth-order valence-electron chi connectivity index (χ4n) is 1.93. The van der Waals surface area contributed by atoms with E-state index in [2.05, 4.69) is 0 Å². The van der Waals surface area contributed by atoms with E-state index in [9.17, 15) is 0 Å². The van der Waals surface area contributed by atoms with E-state index in [0.717, 1.165) is 0 Å². The third-order valence-electron chi connectivity index (χ3n) is 3.22. The fourth-order valence-corrected chi connectivity index (χ4v) is 8.25. The number of hydrogen-bond acceptors (Lipinski definition) is 3. The van der Waals surface area contributed by atoms with Crippen molar-refractivity contribution in [3.63, 3.8) is 0 Å². The summed E-state index contributed by atoms with van der Waals surface area (Å²) in [7, 11) is -2.22. The van der Waals surface area contributed by atoms with Crippen molar-refractivity contribution in [1.82, 2.24) is 0 Å². The molecule has 2 rings (SSSR count). The van der Waals surface area contributed by atoms with Gasteiger partial charge in [-0.25, -0.2) is 0 Å². The molecule has 0 aliphatic rings. The SMILES string of the molecule is C[Si](C)(C)[O][Al]([O]c1c(Cl)c(Cl)c(Cl)c(Cl)c1Cl)[O]c1c(Cl)c(Cl)c(Cl)c(Cl)c1Cl. The molecule has 0 radical (unpaired) electrons. The highest BCUT2D eigenvalue weighted by molar-refractivity contribution is 6.75. The van der Waals surface area contributed by atoms with E-state index in [1.807, 2.05) is 19.6 Å². The molecule has 164 valence electrons. The summed E-state index contributed by atoms with van der Waals surface area (Å²) in [5.74, 6) is -0.128. The van der Waals surface area contributed by atoms with E-state index in [1.165, 1.54) is 0 Å². The monoisotopic (exact) mass is 642 g/mol. The van der Waals surface area contributed by atoms with Crippen LogP contribution in [0, 0.1) is 0 Å². The third-order valence-corrected chi connectivity index (χ3v) is 12.2. The van der Waals surface area contributed by atoms with Gasteiger partial charge in [0.1, 0.15) is 31.6 Å². The van der Waals surface area contributed by atoms with E-state index >= 15 is 0 Å². The Kier molecular flexibility index (Phi) is 10.2. The summed E-state index contributed by atoms with van der Waals surface area (Å²) in [6.07, 6.45) is 0. The van der Waals surface area contributed by atoms with Gasteiger partial charge in [0.05, 0.1) is 30.1 Å². The molecule has 3 nitrogen and oxygen atoms in total. The number of hydrogen-bond donors (Lipinski definition) is 0. The summed E-state index contributed by atoms with van der Waals surface area (Å²) >= 11 is 58.4. The second-order valence-electron chi connectivity index (χ2n) is 6.55. The molecule has 0 heterocycles. The normalized spacial score (nSPS) is 11.6. The van der Waals surface area contributed by atoms with Gasteiger partial charge in [-0.2, -0.15) is 0 Å². The molecule has 0 fully saturated rings. The van der Waals surface area contributed by atoms with Gasteiger partial charge in [-0.15, -0.1) is 0 Å². The molecule has 0 amide bonds. The molecule has 2 aromatic carbocycles. The zero-order chi connectivity index (χ0) is 23.1. The Morgan fingerprint density at radius 3 is 0.933 bits per heavy atom. The summed E-state index contributed by atoms with van der Waals surface area (Å²) in [6, 6.07) is 0. The summed E-state index contributed by atoms with van der Waals surface area (Å²) in [5.41, 5.74) is 0. The predicted octanol–water partition coefficient (Wildman–Crippen LogP) is 10.5. The van der Waals surface area contributed by atoms with Crippen LogP contribution in [0.15, 0.2) is 0 Å². The van der Waals surface area contributed by atoms with Crippen LogP contribution >= 0.6 is 116 Å². The Balaban J connectivity index is 2.56. The van der Waals surface area contributed by atoms with Crippen LogP contribution in [-0.4, -0.2) is 23.5 Å². The van der Waals surface area contributed by atoms with Crippen molar-refractivity contribution in [3.05, 3.63) is 50.2 Å². The molecule has 0 saturated heterocycles. The van der Waals surface area contributed by atoms with Gasteiger partial charge < -0.3 is 11.1 Å². The van der Waals surface area contributed by atoms with Gasteiger partial charge in [-0.3, -0.25) is 0 Å². The second-order valence-corrected chi connectivity index (χ2v) is 16.5. The van der Waals surface area contributed by atoms with Crippen LogP contribution in [0.1, 0.15) is 0 Å². The highest BCUT2D eigenvalue weighted by Gasteiger charge is 2.46. The van der Waals surface area contributed by atoms with Crippen LogP contribution < -0.4 is 7.58 Å². The number of halogens is 10. The lowest BCUT2D eigenvalue weighted by molar-refractivity contribution is 0.305. The summed E-state index contributed by atoms with van der Waals surface area (Å²) < 4.78 is 17.8. The minimum atomic E-state index is -3.13. The largest absolute Gasteiger partial charge is 1.09 e. The van der Waals surface area contributed by atoms with E-state index in [0.29, 0.717) is 0 Å². The Morgan fingerprint density at radius 1 is 0.467 bits per heavy atom. The molecule has 0 unspecified atom stereocenters. The molecule has 0 aliphatic carbocycles. The van der Waals surface area contributed by atoms with Gasteiger partial charge in [-0.1, -0.05) is 116 Å². The zero-order valence-corrected chi connectivity index (χ0v) is 24.8. The van der Waals surface area contributed by atoms with Crippen molar-refractivity contribution in [3.8, 4) is 11.5 Å². The van der Waals surface area contributed by atoms with E-state index in [1.54, 1.807) is 0 Å². The average molecular weight is 647 g/mol. The summed E-state index contributed by atoms with van der Waals surface area (Å²) in [4.78, 5) is 0.